The highest BCUT2D eigenvalue weighted by Crippen LogP contribution is 2.24. The van der Waals surface area contributed by atoms with Gasteiger partial charge in [0.15, 0.2) is 0 Å². The smallest absolute Gasteiger partial charge is 0.223 e. The number of carbonyl (C=O) groups is 1. The Labute approximate surface area is 127 Å². The number of rotatable bonds is 6. The number of carbonyl (C=O) groups excluding carboxylic acids is 1. The van der Waals surface area contributed by atoms with E-state index in [-0.39, 0.29) is 17.9 Å². The maximum absolute atomic E-state index is 12.0. The Morgan fingerprint density at radius 1 is 1.19 bits per heavy atom. The van der Waals surface area contributed by atoms with Gasteiger partial charge < -0.3 is 10.1 Å². The number of nitrogens with zero attached hydrogens (tertiary/aromatic N) is 1. The fourth-order valence-electron chi connectivity index (χ4n) is 3.21. The summed E-state index contributed by atoms with van der Waals surface area (Å²) in [7, 11) is -3.26. The van der Waals surface area contributed by atoms with E-state index in [1.165, 1.54) is 10.6 Å². The van der Waals surface area contributed by atoms with E-state index in [2.05, 4.69) is 5.32 Å². The maximum Gasteiger partial charge on any atom is 0.223 e. The third-order valence-electron chi connectivity index (χ3n) is 4.38. The van der Waals surface area contributed by atoms with Crippen LogP contribution in [0, 0.1) is 5.92 Å². The van der Waals surface area contributed by atoms with E-state index in [9.17, 15) is 13.2 Å². The molecule has 1 amide bonds. The first-order valence-electron chi connectivity index (χ1n) is 7.81. The highest BCUT2D eigenvalue weighted by molar-refractivity contribution is 7.88. The molecule has 1 saturated heterocycles. The van der Waals surface area contributed by atoms with Crippen LogP contribution in [0.25, 0.3) is 0 Å². The lowest BCUT2D eigenvalue weighted by molar-refractivity contribution is -0.124. The van der Waals surface area contributed by atoms with Gasteiger partial charge in [-0.2, -0.15) is 4.31 Å². The molecule has 1 aliphatic heterocycles. The Bertz CT molecular complexity index is 440. The first kappa shape index (κ1) is 16.7. The van der Waals surface area contributed by atoms with Gasteiger partial charge in [0, 0.05) is 38.3 Å². The summed E-state index contributed by atoms with van der Waals surface area (Å²) in [5, 5.41) is 2.89. The summed E-state index contributed by atoms with van der Waals surface area (Å²) in [4.78, 5) is 12.0. The zero-order valence-corrected chi connectivity index (χ0v) is 13.5. The van der Waals surface area contributed by atoms with Gasteiger partial charge in [-0.1, -0.05) is 12.8 Å². The van der Waals surface area contributed by atoms with Gasteiger partial charge in [-0.25, -0.2) is 8.42 Å². The lowest BCUT2D eigenvalue weighted by atomic mass is 10.1. The molecule has 122 valence electrons. The molecule has 1 heterocycles. The van der Waals surface area contributed by atoms with Crippen LogP contribution in [0.5, 0.6) is 0 Å². The summed E-state index contributed by atoms with van der Waals surface area (Å²) in [6.45, 7) is 1.94. The van der Waals surface area contributed by atoms with Crippen LogP contribution in [0.15, 0.2) is 0 Å². The second-order valence-corrected chi connectivity index (χ2v) is 7.92. The number of hydrogen-bond donors (Lipinski definition) is 1. The van der Waals surface area contributed by atoms with Gasteiger partial charge in [0.1, 0.15) is 0 Å². The number of hydrogen-bond acceptors (Lipinski definition) is 4. The van der Waals surface area contributed by atoms with Crippen molar-refractivity contribution in [2.24, 2.45) is 5.92 Å². The molecule has 0 unspecified atom stereocenters. The van der Waals surface area contributed by atoms with Crippen LogP contribution in [0.3, 0.4) is 0 Å². The summed E-state index contributed by atoms with van der Waals surface area (Å²) < 4.78 is 30.7. The fraction of sp³-hybridized carbons (Fsp3) is 0.929. The molecule has 2 aliphatic rings. The van der Waals surface area contributed by atoms with Crippen molar-refractivity contribution in [1.82, 2.24) is 9.62 Å². The first-order valence-corrected chi connectivity index (χ1v) is 9.65. The highest BCUT2D eigenvalue weighted by Gasteiger charge is 2.28. The first-order chi connectivity index (χ1) is 9.98. The van der Waals surface area contributed by atoms with Gasteiger partial charge in [0.05, 0.1) is 6.26 Å². The molecule has 0 aromatic rings. The quantitative estimate of drug-likeness (QED) is 0.783. The van der Waals surface area contributed by atoms with Crippen molar-refractivity contribution in [2.75, 3.05) is 32.6 Å². The van der Waals surface area contributed by atoms with Crippen LogP contribution >= 0.6 is 0 Å². The van der Waals surface area contributed by atoms with Crippen molar-refractivity contribution in [3.8, 4) is 0 Å². The molecule has 0 radical (unpaired) electrons. The largest absolute Gasteiger partial charge is 0.381 e. The molecular formula is C14H26N2O4S. The molecule has 0 atom stereocenters. The van der Waals surface area contributed by atoms with Crippen molar-refractivity contribution >= 4 is 15.9 Å². The molecule has 0 aromatic carbocycles. The van der Waals surface area contributed by atoms with E-state index < -0.39 is 10.0 Å². The standard InChI is InChI=1S/C14H26N2O4S/c1-21(18,19)16(13-6-10-20-11-7-13)9-8-15-14(17)12-4-2-3-5-12/h12-13H,2-11H2,1H3,(H,15,17). The zero-order valence-electron chi connectivity index (χ0n) is 12.7. The Kier molecular flexibility index (Phi) is 6.01. The molecule has 7 heteroatoms. The lowest BCUT2D eigenvalue weighted by Gasteiger charge is -2.32. The molecule has 0 aromatic heterocycles. The van der Waals surface area contributed by atoms with E-state index in [4.69, 9.17) is 4.74 Å². The molecule has 1 saturated carbocycles. The molecule has 6 nitrogen and oxygen atoms in total. The fourth-order valence-corrected chi connectivity index (χ4v) is 4.39. The van der Waals surface area contributed by atoms with E-state index in [1.54, 1.807) is 0 Å². The van der Waals surface area contributed by atoms with Crippen molar-refractivity contribution < 1.29 is 17.9 Å². The van der Waals surface area contributed by atoms with Crippen LogP contribution in [0.1, 0.15) is 38.5 Å². The van der Waals surface area contributed by atoms with Crippen LogP contribution in [-0.2, 0) is 19.6 Å². The summed E-state index contributed by atoms with van der Waals surface area (Å²) in [6.07, 6.45) is 6.85. The normalized spacial score (nSPS) is 21.8. The van der Waals surface area contributed by atoms with Crippen LogP contribution < -0.4 is 5.32 Å². The Morgan fingerprint density at radius 3 is 2.38 bits per heavy atom. The zero-order chi connectivity index (χ0) is 15.3. The summed E-state index contributed by atoms with van der Waals surface area (Å²) in [5.74, 6) is 0.202. The monoisotopic (exact) mass is 318 g/mol. The number of amides is 1. The minimum atomic E-state index is -3.26. The van der Waals surface area contributed by atoms with Gasteiger partial charge in [-0.3, -0.25) is 4.79 Å². The van der Waals surface area contributed by atoms with Crippen LogP contribution in [0.2, 0.25) is 0 Å². The average molecular weight is 318 g/mol. The van der Waals surface area contributed by atoms with Crippen LogP contribution in [-0.4, -0.2) is 57.2 Å². The second-order valence-electron chi connectivity index (χ2n) is 5.99. The lowest BCUT2D eigenvalue weighted by Crippen LogP contribution is -2.46. The topological polar surface area (TPSA) is 75.7 Å². The molecule has 0 bridgehead atoms. The van der Waals surface area contributed by atoms with Gasteiger partial charge in [-0.05, 0) is 25.7 Å². The van der Waals surface area contributed by atoms with E-state index in [0.29, 0.717) is 26.3 Å². The summed E-state index contributed by atoms with van der Waals surface area (Å²) in [5.41, 5.74) is 0. The molecule has 1 aliphatic carbocycles. The second kappa shape index (κ2) is 7.56. The molecular weight excluding hydrogens is 292 g/mol. The molecule has 1 N–H and O–H groups in total. The molecule has 2 fully saturated rings. The average Bonchev–Trinajstić information content (AvgIpc) is 2.97. The van der Waals surface area contributed by atoms with Crippen molar-refractivity contribution in [1.29, 1.82) is 0 Å². The van der Waals surface area contributed by atoms with Crippen LogP contribution in [0.4, 0.5) is 0 Å². The van der Waals surface area contributed by atoms with E-state index >= 15 is 0 Å². The number of ether oxygens (including phenoxy) is 1. The predicted molar refractivity (Wildman–Crippen MR) is 80.4 cm³/mol. The minimum Gasteiger partial charge on any atom is -0.381 e. The Hall–Kier alpha value is -0.660. The Balaban J connectivity index is 1.82. The third-order valence-corrected chi connectivity index (χ3v) is 5.71. The molecule has 21 heavy (non-hydrogen) atoms. The maximum atomic E-state index is 12.0. The Morgan fingerprint density at radius 2 is 1.81 bits per heavy atom. The summed E-state index contributed by atoms with van der Waals surface area (Å²) >= 11 is 0. The van der Waals surface area contributed by atoms with Crippen molar-refractivity contribution in [3.63, 3.8) is 0 Å². The SMILES string of the molecule is CS(=O)(=O)N(CCNC(=O)C1CCCC1)C1CCOCC1. The number of nitrogens with one attached hydrogen (secondary N) is 1. The van der Waals surface area contributed by atoms with E-state index in [0.717, 1.165) is 38.5 Å². The predicted octanol–water partition coefficient (Wildman–Crippen LogP) is 0.733. The highest BCUT2D eigenvalue weighted by atomic mass is 32.2. The summed E-state index contributed by atoms with van der Waals surface area (Å²) in [6, 6.07) is -0.00266. The van der Waals surface area contributed by atoms with Gasteiger partial charge in [-0.15, -0.1) is 0 Å². The number of sulfonamides is 1. The van der Waals surface area contributed by atoms with E-state index in [1.807, 2.05) is 0 Å². The van der Waals surface area contributed by atoms with Gasteiger partial charge in [0.25, 0.3) is 0 Å². The van der Waals surface area contributed by atoms with Crippen molar-refractivity contribution in [2.45, 2.75) is 44.6 Å². The van der Waals surface area contributed by atoms with Gasteiger partial charge >= 0.3 is 0 Å². The molecule has 2 rings (SSSR count). The third kappa shape index (κ3) is 4.93. The minimum absolute atomic E-state index is 0.00266. The van der Waals surface area contributed by atoms with Gasteiger partial charge in [0.2, 0.25) is 15.9 Å². The van der Waals surface area contributed by atoms with Crippen molar-refractivity contribution in [3.05, 3.63) is 0 Å². The molecule has 0 spiro atoms.